The number of methoxy groups -OCH3 is 2. The van der Waals surface area contributed by atoms with Gasteiger partial charge in [0.2, 0.25) is 0 Å². The second-order valence-electron chi connectivity index (χ2n) is 3.90. The molecule has 0 saturated heterocycles. The molecule has 1 unspecified atom stereocenters. The molecule has 0 saturated carbocycles. The van der Waals surface area contributed by atoms with Crippen molar-refractivity contribution in [2.75, 3.05) is 27.3 Å². The van der Waals surface area contributed by atoms with E-state index >= 15 is 0 Å². The van der Waals surface area contributed by atoms with E-state index in [0.717, 1.165) is 5.56 Å². The van der Waals surface area contributed by atoms with E-state index in [1.807, 2.05) is 0 Å². The molecule has 3 N–H and O–H groups in total. The third kappa shape index (κ3) is 1.82. The Balaban J connectivity index is 2.65. The molecule has 1 aliphatic heterocycles. The molecule has 2 rings (SSSR count). The molecule has 92 valence electrons. The van der Waals surface area contributed by atoms with Crippen LogP contribution in [-0.2, 0) is 0 Å². The first-order chi connectivity index (χ1) is 8.22. The topological polar surface area (TPSA) is 73.6 Å². The number of hydrogen-bond donors (Lipinski definition) is 2. The Bertz CT molecular complexity index is 446. The Labute approximate surface area is 99.9 Å². The highest BCUT2D eigenvalue weighted by Gasteiger charge is 2.30. The van der Waals surface area contributed by atoms with Gasteiger partial charge in [0.1, 0.15) is 11.5 Å². The van der Waals surface area contributed by atoms with E-state index < -0.39 is 0 Å². The third-order valence-corrected chi connectivity index (χ3v) is 3.04. The number of carbonyl (C=O) groups is 1. The molecule has 1 heterocycles. The standard InChI is InChI=1S/C12H16N2O3/c1-16-8-3-4-9(17-2)11-10(8)7(5-13)6-14-12(11)15/h3-4,7H,5-6,13H2,1-2H3,(H,14,15). The van der Waals surface area contributed by atoms with Gasteiger partial charge in [0.05, 0.1) is 19.8 Å². The maximum absolute atomic E-state index is 11.9. The van der Waals surface area contributed by atoms with E-state index in [0.29, 0.717) is 30.2 Å². The van der Waals surface area contributed by atoms with Crippen LogP contribution in [0.4, 0.5) is 0 Å². The summed E-state index contributed by atoms with van der Waals surface area (Å²) in [7, 11) is 3.13. The minimum atomic E-state index is -0.138. The van der Waals surface area contributed by atoms with Crippen LogP contribution in [0.1, 0.15) is 21.8 Å². The lowest BCUT2D eigenvalue weighted by atomic mass is 9.89. The van der Waals surface area contributed by atoms with Crippen LogP contribution in [0.25, 0.3) is 0 Å². The van der Waals surface area contributed by atoms with Gasteiger partial charge in [0.15, 0.2) is 0 Å². The van der Waals surface area contributed by atoms with Crippen molar-refractivity contribution in [2.45, 2.75) is 5.92 Å². The predicted molar refractivity (Wildman–Crippen MR) is 63.7 cm³/mol. The van der Waals surface area contributed by atoms with Crippen molar-refractivity contribution < 1.29 is 14.3 Å². The first-order valence-corrected chi connectivity index (χ1v) is 5.46. The second kappa shape index (κ2) is 4.63. The molecule has 0 spiro atoms. The van der Waals surface area contributed by atoms with Crippen molar-refractivity contribution in [2.24, 2.45) is 5.73 Å². The lowest BCUT2D eigenvalue weighted by molar-refractivity contribution is 0.0936. The third-order valence-electron chi connectivity index (χ3n) is 3.04. The highest BCUT2D eigenvalue weighted by atomic mass is 16.5. The molecule has 17 heavy (non-hydrogen) atoms. The minimum Gasteiger partial charge on any atom is -0.496 e. The van der Waals surface area contributed by atoms with Crippen LogP contribution in [0.2, 0.25) is 0 Å². The number of rotatable bonds is 3. The maximum Gasteiger partial charge on any atom is 0.255 e. The van der Waals surface area contributed by atoms with Gasteiger partial charge in [-0.2, -0.15) is 0 Å². The average molecular weight is 236 g/mol. The van der Waals surface area contributed by atoms with Crippen molar-refractivity contribution in [1.82, 2.24) is 5.32 Å². The number of nitrogens with two attached hydrogens (primary N) is 1. The highest BCUT2D eigenvalue weighted by molar-refractivity contribution is 6.00. The molecule has 0 radical (unpaired) electrons. The minimum absolute atomic E-state index is 0.0627. The summed E-state index contributed by atoms with van der Waals surface area (Å²) >= 11 is 0. The number of benzene rings is 1. The lowest BCUT2D eigenvalue weighted by Gasteiger charge is -2.27. The van der Waals surface area contributed by atoms with Gasteiger partial charge in [-0.05, 0) is 12.1 Å². The Morgan fingerprint density at radius 1 is 1.35 bits per heavy atom. The average Bonchev–Trinajstić information content (AvgIpc) is 2.38. The van der Waals surface area contributed by atoms with E-state index in [9.17, 15) is 4.79 Å². The van der Waals surface area contributed by atoms with E-state index in [4.69, 9.17) is 15.2 Å². The Kier molecular flexibility index (Phi) is 3.19. The van der Waals surface area contributed by atoms with Gasteiger partial charge in [-0.25, -0.2) is 0 Å². The van der Waals surface area contributed by atoms with Gasteiger partial charge in [0, 0.05) is 24.6 Å². The molecule has 1 atom stereocenters. The number of carbonyl (C=O) groups excluding carboxylic acids is 1. The largest absolute Gasteiger partial charge is 0.496 e. The van der Waals surface area contributed by atoms with Gasteiger partial charge in [-0.3, -0.25) is 4.79 Å². The van der Waals surface area contributed by atoms with E-state index in [1.54, 1.807) is 26.4 Å². The number of amides is 1. The molecular formula is C12H16N2O3. The zero-order valence-electron chi connectivity index (χ0n) is 9.95. The highest BCUT2D eigenvalue weighted by Crippen LogP contribution is 2.37. The Morgan fingerprint density at radius 3 is 2.59 bits per heavy atom. The molecular weight excluding hydrogens is 220 g/mol. The smallest absolute Gasteiger partial charge is 0.255 e. The molecule has 0 aliphatic carbocycles. The summed E-state index contributed by atoms with van der Waals surface area (Å²) in [5.74, 6) is 1.16. The fraction of sp³-hybridized carbons (Fsp3) is 0.417. The quantitative estimate of drug-likeness (QED) is 0.801. The maximum atomic E-state index is 11.9. The SMILES string of the molecule is COc1ccc(OC)c2c1C(=O)NCC2CN. The van der Waals surface area contributed by atoms with Gasteiger partial charge in [0.25, 0.3) is 5.91 Å². The van der Waals surface area contributed by atoms with Crippen LogP contribution in [0, 0.1) is 0 Å². The summed E-state index contributed by atoms with van der Waals surface area (Å²) in [5, 5.41) is 2.81. The summed E-state index contributed by atoms with van der Waals surface area (Å²) in [6.45, 7) is 0.989. The molecule has 1 amide bonds. The summed E-state index contributed by atoms with van der Waals surface area (Å²) < 4.78 is 10.5. The zero-order chi connectivity index (χ0) is 12.4. The number of hydrogen-bond acceptors (Lipinski definition) is 4. The van der Waals surface area contributed by atoms with Gasteiger partial charge >= 0.3 is 0 Å². The van der Waals surface area contributed by atoms with Crippen molar-refractivity contribution in [1.29, 1.82) is 0 Å². The second-order valence-corrected chi connectivity index (χ2v) is 3.90. The molecule has 1 aromatic rings. The Hall–Kier alpha value is -1.75. The van der Waals surface area contributed by atoms with Crippen molar-refractivity contribution in [3.05, 3.63) is 23.3 Å². The van der Waals surface area contributed by atoms with Crippen LogP contribution >= 0.6 is 0 Å². The fourth-order valence-electron chi connectivity index (χ4n) is 2.18. The monoisotopic (exact) mass is 236 g/mol. The summed E-state index contributed by atoms with van der Waals surface area (Å²) in [4.78, 5) is 11.9. The molecule has 1 aromatic carbocycles. The summed E-state index contributed by atoms with van der Waals surface area (Å²) in [6.07, 6.45) is 0. The van der Waals surface area contributed by atoms with Crippen LogP contribution in [0.15, 0.2) is 12.1 Å². The summed E-state index contributed by atoms with van der Waals surface area (Å²) in [5.41, 5.74) is 7.11. The van der Waals surface area contributed by atoms with Crippen molar-refractivity contribution in [3.8, 4) is 11.5 Å². The van der Waals surface area contributed by atoms with Crippen molar-refractivity contribution >= 4 is 5.91 Å². The van der Waals surface area contributed by atoms with Crippen LogP contribution in [0.3, 0.4) is 0 Å². The molecule has 5 nitrogen and oxygen atoms in total. The number of ether oxygens (including phenoxy) is 2. The van der Waals surface area contributed by atoms with Gasteiger partial charge in [-0.1, -0.05) is 0 Å². The lowest BCUT2D eigenvalue weighted by Crippen LogP contribution is -2.38. The first kappa shape index (κ1) is 11.7. The van der Waals surface area contributed by atoms with Crippen LogP contribution in [0.5, 0.6) is 11.5 Å². The van der Waals surface area contributed by atoms with Gasteiger partial charge in [-0.15, -0.1) is 0 Å². The predicted octanol–water partition coefficient (Wildman–Crippen LogP) is 0.489. The normalized spacial score (nSPS) is 18.3. The molecule has 0 fully saturated rings. The molecule has 5 heteroatoms. The number of nitrogens with one attached hydrogen (secondary N) is 1. The van der Waals surface area contributed by atoms with Crippen LogP contribution < -0.4 is 20.5 Å². The zero-order valence-corrected chi connectivity index (χ0v) is 9.95. The van der Waals surface area contributed by atoms with Crippen LogP contribution in [-0.4, -0.2) is 33.2 Å². The van der Waals surface area contributed by atoms with Crippen molar-refractivity contribution in [3.63, 3.8) is 0 Å². The number of fused-ring (bicyclic) bond motifs is 1. The molecule has 0 bridgehead atoms. The van der Waals surface area contributed by atoms with E-state index in [-0.39, 0.29) is 11.8 Å². The first-order valence-electron chi connectivity index (χ1n) is 5.46. The Morgan fingerprint density at radius 2 is 2.00 bits per heavy atom. The van der Waals surface area contributed by atoms with E-state index in [2.05, 4.69) is 5.32 Å². The summed E-state index contributed by atoms with van der Waals surface area (Å²) in [6, 6.07) is 3.54. The van der Waals surface area contributed by atoms with E-state index in [1.165, 1.54) is 0 Å². The fourth-order valence-corrected chi connectivity index (χ4v) is 2.18. The molecule has 1 aliphatic rings. The van der Waals surface area contributed by atoms with Gasteiger partial charge < -0.3 is 20.5 Å². The molecule has 0 aromatic heterocycles.